The molecule has 134 valence electrons. The topological polar surface area (TPSA) is 80.8 Å². The smallest absolute Gasteiger partial charge is 0.293 e. The van der Waals surface area contributed by atoms with Crippen molar-refractivity contribution in [3.05, 3.63) is 46.9 Å². The van der Waals surface area contributed by atoms with E-state index in [1.165, 1.54) is 4.57 Å². The largest absolute Gasteiger partial charge is 0.472 e. The lowest BCUT2D eigenvalue weighted by atomic mass is 10.2. The summed E-state index contributed by atoms with van der Waals surface area (Å²) in [4.78, 5) is 32.3. The standard InChI is InChI=1S/C17H22N4O4/c1-19-5-4-18-16(17(19)23)20(2)10-14-11-21(6-8-25-14)15(22)9-13-3-7-24-12-13/h3-5,7,12,14H,6,8-11H2,1-2H3. The molecule has 0 N–H and O–H groups in total. The van der Waals surface area contributed by atoms with Crippen LogP contribution >= 0.6 is 0 Å². The summed E-state index contributed by atoms with van der Waals surface area (Å²) in [5, 5.41) is 0. The lowest BCUT2D eigenvalue weighted by Crippen LogP contribution is -2.50. The van der Waals surface area contributed by atoms with Crippen molar-refractivity contribution in [3.63, 3.8) is 0 Å². The minimum absolute atomic E-state index is 0.0473. The number of hydrogen-bond acceptors (Lipinski definition) is 6. The van der Waals surface area contributed by atoms with Gasteiger partial charge in [0, 0.05) is 46.1 Å². The van der Waals surface area contributed by atoms with Crippen molar-refractivity contribution in [3.8, 4) is 0 Å². The number of nitrogens with zero attached hydrogens (tertiary/aromatic N) is 4. The molecule has 1 saturated heterocycles. The summed E-state index contributed by atoms with van der Waals surface area (Å²) in [6.45, 7) is 2.04. The van der Waals surface area contributed by atoms with Gasteiger partial charge in [0.05, 0.1) is 31.7 Å². The van der Waals surface area contributed by atoms with Crippen molar-refractivity contribution in [1.82, 2.24) is 14.5 Å². The molecule has 0 radical (unpaired) electrons. The molecule has 25 heavy (non-hydrogen) atoms. The number of ether oxygens (including phenoxy) is 1. The number of furan rings is 1. The van der Waals surface area contributed by atoms with Gasteiger partial charge in [0.15, 0.2) is 5.82 Å². The molecule has 0 aliphatic carbocycles. The first-order valence-electron chi connectivity index (χ1n) is 8.18. The Morgan fingerprint density at radius 1 is 1.48 bits per heavy atom. The van der Waals surface area contributed by atoms with Gasteiger partial charge in [-0.2, -0.15) is 0 Å². The molecule has 1 fully saturated rings. The molecule has 2 aromatic heterocycles. The van der Waals surface area contributed by atoms with Crippen molar-refractivity contribution in [2.24, 2.45) is 7.05 Å². The molecule has 3 heterocycles. The van der Waals surface area contributed by atoms with Gasteiger partial charge in [-0.3, -0.25) is 9.59 Å². The highest BCUT2D eigenvalue weighted by Gasteiger charge is 2.26. The van der Waals surface area contributed by atoms with E-state index in [1.807, 2.05) is 0 Å². The number of likely N-dealkylation sites (N-methyl/N-ethyl adjacent to an activating group) is 1. The van der Waals surface area contributed by atoms with Gasteiger partial charge in [-0.15, -0.1) is 0 Å². The number of amides is 1. The molecule has 1 aliphatic heterocycles. The van der Waals surface area contributed by atoms with E-state index in [0.29, 0.717) is 38.5 Å². The quantitative estimate of drug-likeness (QED) is 0.774. The number of morpholine rings is 1. The van der Waals surface area contributed by atoms with Gasteiger partial charge in [-0.25, -0.2) is 4.98 Å². The average molecular weight is 346 g/mol. The Hall–Kier alpha value is -2.61. The maximum absolute atomic E-state index is 12.4. The summed E-state index contributed by atoms with van der Waals surface area (Å²) in [5.74, 6) is 0.418. The van der Waals surface area contributed by atoms with Gasteiger partial charge in [-0.1, -0.05) is 0 Å². The molecule has 0 spiro atoms. The van der Waals surface area contributed by atoms with Gasteiger partial charge in [0.25, 0.3) is 5.56 Å². The van der Waals surface area contributed by atoms with E-state index in [2.05, 4.69) is 4.98 Å². The summed E-state index contributed by atoms with van der Waals surface area (Å²) in [6, 6.07) is 1.79. The molecule has 8 nitrogen and oxygen atoms in total. The van der Waals surface area contributed by atoms with Crippen LogP contribution in [0.1, 0.15) is 5.56 Å². The van der Waals surface area contributed by atoms with Crippen molar-refractivity contribution < 1.29 is 13.9 Å². The molecule has 1 atom stereocenters. The highest BCUT2D eigenvalue weighted by atomic mass is 16.5. The maximum Gasteiger partial charge on any atom is 0.293 e. The molecule has 0 bridgehead atoms. The van der Waals surface area contributed by atoms with Gasteiger partial charge in [0.2, 0.25) is 5.91 Å². The Kier molecular flexibility index (Phi) is 5.18. The van der Waals surface area contributed by atoms with Crippen LogP contribution in [0.3, 0.4) is 0 Å². The van der Waals surface area contributed by atoms with E-state index in [9.17, 15) is 9.59 Å². The second-order valence-corrected chi connectivity index (χ2v) is 6.19. The van der Waals surface area contributed by atoms with Crippen LogP contribution in [0, 0.1) is 0 Å². The van der Waals surface area contributed by atoms with Crippen LogP contribution in [0.4, 0.5) is 5.82 Å². The Labute approximate surface area is 145 Å². The van der Waals surface area contributed by atoms with Gasteiger partial charge >= 0.3 is 0 Å². The molecule has 1 unspecified atom stereocenters. The normalized spacial score (nSPS) is 17.5. The van der Waals surface area contributed by atoms with Crippen LogP contribution in [0.5, 0.6) is 0 Å². The number of hydrogen-bond donors (Lipinski definition) is 0. The Bertz CT molecular complexity index is 771. The SMILES string of the molecule is CN(CC1CN(C(=O)Cc2ccoc2)CCO1)c1nccn(C)c1=O. The second-order valence-electron chi connectivity index (χ2n) is 6.19. The molecule has 1 aliphatic rings. The zero-order valence-corrected chi connectivity index (χ0v) is 14.4. The van der Waals surface area contributed by atoms with Crippen LogP contribution in [0.15, 0.2) is 40.2 Å². The van der Waals surface area contributed by atoms with Crippen molar-refractivity contribution >= 4 is 11.7 Å². The predicted octanol–water partition coefficient (Wildman–Crippen LogP) is 0.280. The third kappa shape index (κ3) is 4.08. The third-order valence-corrected chi connectivity index (χ3v) is 4.26. The second kappa shape index (κ2) is 7.52. The van der Waals surface area contributed by atoms with Gasteiger partial charge in [0.1, 0.15) is 0 Å². The minimum Gasteiger partial charge on any atom is -0.472 e. The lowest BCUT2D eigenvalue weighted by molar-refractivity contribution is -0.137. The van der Waals surface area contributed by atoms with E-state index >= 15 is 0 Å². The lowest BCUT2D eigenvalue weighted by Gasteiger charge is -2.35. The fraction of sp³-hybridized carbons (Fsp3) is 0.471. The van der Waals surface area contributed by atoms with E-state index in [4.69, 9.17) is 9.15 Å². The highest BCUT2D eigenvalue weighted by molar-refractivity contribution is 5.78. The average Bonchev–Trinajstić information content (AvgIpc) is 3.10. The van der Waals surface area contributed by atoms with Crippen LogP contribution in [-0.4, -0.2) is 59.8 Å². The van der Waals surface area contributed by atoms with Crippen LogP contribution in [0.2, 0.25) is 0 Å². The fourth-order valence-corrected chi connectivity index (χ4v) is 2.87. The van der Waals surface area contributed by atoms with Crippen molar-refractivity contribution in [2.75, 3.05) is 38.2 Å². The molecular weight excluding hydrogens is 324 g/mol. The molecule has 0 aromatic carbocycles. The molecule has 3 rings (SSSR count). The zero-order valence-electron chi connectivity index (χ0n) is 14.4. The van der Waals surface area contributed by atoms with Crippen molar-refractivity contribution in [1.29, 1.82) is 0 Å². The van der Waals surface area contributed by atoms with Crippen LogP contribution in [0.25, 0.3) is 0 Å². The summed E-state index contributed by atoms with van der Waals surface area (Å²) >= 11 is 0. The summed E-state index contributed by atoms with van der Waals surface area (Å²) < 4.78 is 12.3. The Morgan fingerprint density at radius 2 is 2.32 bits per heavy atom. The summed E-state index contributed by atoms with van der Waals surface area (Å²) in [6.07, 6.45) is 6.51. The van der Waals surface area contributed by atoms with Gasteiger partial charge in [-0.05, 0) is 11.6 Å². The van der Waals surface area contributed by atoms with Crippen molar-refractivity contribution in [2.45, 2.75) is 12.5 Å². The number of carbonyl (C=O) groups excluding carboxylic acids is 1. The molecule has 2 aromatic rings. The number of rotatable bonds is 5. The van der Waals surface area contributed by atoms with Crippen LogP contribution < -0.4 is 10.5 Å². The number of aromatic nitrogens is 2. The van der Waals surface area contributed by atoms with E-state index in [0.717, 1.165) is 5.56 Å². The molecule has 1 amide bonds. The van der Waals surface area contributed by atoms with Crippen LogP contribution in [-0.2, 0) is 23.0 Å². The maximum atomic E-state index is 12.4. The van der Waals surface area contributed by atoms with E-state index in [1.54, 1.807) is 54.9 Å². The highest BCUT2D eigenvalue weighted by Crippen LogP contribution is 2.11. The first-order valence-corrected chi connectivity index (χ1v) is 8.18. The Morgan fingerprint density at radius 3 is 3.08 bits per heavy atom. The predicted molar refractivity (Wildman–Crippen MR) is 91.5 cm³/mol. The van der Waals surface area contributed by atoms with E-state index < -0.39 is 0 Å². The first kappa shape index (κ1) is 17.2. The molecular formula is C17H22N4O4. The zero-order chi connectivity index (χ0) is 17.8. The molecule has 0 saturated carbocycles. The van der Waals surface area contributed by atoms with Gasteiger partial charge < -0.3 is 23.5 Å². The molecule has 8 heteroatoms. The summed E-state index contributed by atoms with van der Waals surface area (Å²) in [5.41, 5.74) is 0.704. The third-order valence-electron chi connectivity index (χ3n) is 4.26. The Balaban J connectivity index is 1.60. The fourth-order valence-electron chi connectivity index (χ4n) is 2.87. The first-order chi connectivity index (χ1) is 12.0. The monoisotopic (exact) mass is 346 g/mol. The number of aryl methyl sites for hydroxylation is 1. The van der Waals surface area contributed by atoms with E-state index in [-0.39, 0.29) is 17.6 Å². The number of carbonyl (C=O) groups is 1. The minimum atomic E-state index is -0.168. The number of anilines is 1. The summed E-state index contributed by atoms with van der Waals surface area (Å²) in [7, 11) is 3.49.